The van der Waals surface area contributed by atoms with Gasteiger partial charge in [0.05, 0.1) is 21.9 Å². The van der Waals surface area contributed by atoms with Crippen LogP contribution in [0, 0.1) is 24.0 Å². The zero-order valence-corrected chi connectivity index (χ0v) is 13.0. The maximum Gasteiger partial charge on any atom is 0.276 e. The van der Waals surface area contributed by atoms with E-state index in [2.05, 4.69) is 0 Å². The molecule has 0 bridgehead atoms. The summed E-state index contributed by atoms with van der Waals surface area (Å²) in [6.45, 7) is 3.51. The third kappa shape index (κ3) is 3.28. The molecule has 0 aliphatic heterocycles. The van der Waals surface area contributed by atoms with Gasteiger partial charge in [0, 0.05) is 11.1 Å². The summed E-state index contributed by atoms with van der Waals surface area (Å²) < 4.78 is 5.79. The predicted molar refractivity (Wildman–Crippen MR) is 83.7 cm³/mol. The zero-order valence-electron chi connectivity index (χ0n) is 11.5. The van der Waals surface area contributed by atoms with Crippen molar-refractivity contribution < 1.29 is 9.66 Å². The minimum atomic E-state index is -0.434. The summed E-state index contributed by atoms with van der Waals surface area (Å²) in [6.07, 6.45) is 0. The molecule has 0 amide bonds. The van der Waals surface area contributed by atoms with E-state index in [1.54, 1.807) is 31.2 Å². The Kier molecular flexibility index (Phi) is 4.70. The van der Waals surface area contributed by atoms with Gasteiger partial charge in [0.2, 0.25) is 0 Å². The fraction of sp³-hybridized carbons (Fsp3) is 0.200. The maximum absolute atomic E-state index is 11.0. The molecule has 4 nitrogen and oxygen atoms in total. The molecular formula is C15H13Cl2NO3. The van der Waals surface area contributed by atoms with Gasteiger partial charge in [-0.2, -0.15) is 0 Å². The Bertz CT molecular complexity index is 702. The molecule has 2 rings (SSSR count). The Hall–Kier alpha value is -1.78. The molecule has 2 aromatic rings. The minimum Gasteiger partial charge on any atom is -0.455 e. The summed E-state index contributed by atoms with van der Waals surface area (Å²) in [5.41, 5.74) is 2.11. The molecule has 0 N–H and O–H groups in total. The largest absolute Gasteiger partial charge is 0.455 e. The number of ether oxygens (including phenoxy) is 1. The molecule has 0 aliphatic carbocycles. The Morgan fingerprint density at radius 2 is 1.95 bits per heavy atom. The summed E-state index contributed by atoms with van der Waals surface area (Å²) in [6, 6.07) is 8.38. The number of rotatable bonds is 4. The van der Waals surface area contributed by atoms with Crippen LogP contribution in [0.25, 0.3) is 0 Å². The molecule has 0 radical (unpaired) electrons. The van der Waals surface area contributed by atoms with E-state index in [0.29, 0.717) is 22.1 Å². The maximum atomic E-state index is 11.0. The van der Waals surface area contributed by atoms with Crippen LogP contribution in [0.5, 0.6) is 11.5 Å². The molecule has 6 heteroatoms. The smallest absolute Gasteiger partial charge is 0.276 e. The van der Waals surface area contributed by atoms with Gasteiger partial charge in [-0.1, -0.05) is 23.7 Å². The molecule has 0 aliphatic rings. The molecule has 0 atom stereocenters. The summed E-state index contributed by atoms with van der Waals surface area (Å²) in [5, 5.41) is 11.4. The minimum absolute atomic E-state index is 0.00933. The number of alkyl halides is 1. The van der Waals surface area contributed by atoms with Crippen molar-refractivity contribution in [3.05, 3.63) is 62.2 Å². The lowest BCUT2D eigenvalue weighted by Gasteiger charge is -2.13. The fourth-order valence-electron chi connectivity index (χ4n) is 2.01. The number of halogens is 2. The van der Waals surface area contributed by atoms with Crippen LogP contribution >= 0.6 is 23.2 Å². The van der Waals surface area contributed by atoms with Crippen molar-refractivity contribution in [2.45, 2.75) is 19.7 Å². The van der Waals surface area contributed by atoms with Crippen molar-refractivity contribution in [1.29, 1.82) is 0 Å². The Morgan fingerprint density at radius 1 is 1.24 bits per heavy atom. The van der Waals surface area contributed by atoms with Crippen LogP contribution in [0.15, 0.2) is 30.3 Å². The molecular weight excluding hydrogens is 313 g/mol. The second-order valence-corrected chi connectivity index (χ2v) is 5.30. The van der Waals surface area contributed by atoms with E-state index in [1.165, 1.54) is 6.07 Å². The van der Waals surface area contributed by atoms with Crippen molar-refractivity contribution in [1.82, 2.24) is 0 Å². The van der Waals surface area contributed by atoms with Gasteiger partial charge in [-0.25, -0.2) is 0 Å². The van der Waals surface area contributed by atoms with E-state index in [4.69, 9.17) is 27.9 Å². The van der Waals surface area contributed by atoms with Crippen molar-refractivity contribution in [2.24, 2.45) is 0 Å². The topological polar surface area (TPSA) is 52.4 Å². The van der Waals surface area contributed by atoms with Crippen LogP contribution in [0.1, 0.15) is 16.7 Å². The van der Waals surface area contributed by atoms with Gasteiger partial charge in [0.15, 0.2) is 0 Å². The van der Waals surface area contributed by atoms with E-state index in [1.807, 2.05) is 6.92 Å². The monoisotopic (exact) mass is 325 g/mol. The van der Waals surface area contributed by atoms with Crippen molar-refractivity contribution in [3.8, 4) is 11.5 Å². The molecule has 0 heterocycles. The van der Waals surface area contributed by atoms with Gasteiger partial charge in [0.25, 0.3) is 5.69 Å². The third-order valence-corrected chi connectivity index (χ3v) is 3.68. The van der Waals surface area contributed by atoms with Crippen LogP contribution in [0.4, 0.5) is 5.69 Å². The van der Waals surface area contributed by atoms with Crippen molar-refractivity contribution in [2.75, 3.05) is 0 Å². The number of nitro benzene ring substituents is 1. The highest BCUT2D eigenvalue weighted by Gasteiger charge is 2.17. The first-order valence-electron chi connectivity index (χ1n) is 6.21. The number of aryl methyl sites for hydroxylation is 2. The van der Waals surface area contributed by atoms with E-state index in [0.717, 1.165) is 11.1 Å². The van der Waals surface area contributed by atoms with Crippen LogP contribution < -0.4 is 4.74 Å². The molecule has 0 fully saturated rings. The summed E-state index contributed by atoms with van der Waals surface area (Å²) >= 11 is 12.0. The summed E-state index contributed by atoms with van der Waals surface area (Å²) in [7, 11) is 0. The zero-order chi connectivity index (χ0) is 15.6. The second-order valence-electron chi connectivity index (χ2n) is 4.63. The highest BCUT2D eigenvalue weighted by molar-refractivity contribution is 6.32. The number of hydrogen-bond acceptors (Lipinski definition) is 3. The van der Waals surface area contributed by atoms with Gasteiger partial charge in [-0.3, -0.25) is 10.1 Å². The molecule has 0 spiro atoms. The average Bonchev–Trinajstić information content (AvgIpc) is 2.43. The standard InChI is InChI=1S/C15H13Cl2NO3/c1-9-6-10(2)14(7-13(9)18(19)20)21-15-11(8-16)4-3-5-12(15)17/h3-7H,8H2,1-2H3. The third-order valence-electron chi connectivity index (χ3n) is 3.09. The normalized spacial score (nSPS) is 10.5. The highest BCUT2D eigenvalue weighted by Crippen LogP contribution is 2.37. The quantitative estimate of drug-likeness (QED) is 0.430. The molecule has 110 valence electrons. The summed E-state index contributed by atoms with van der Waals surface area (Å²) in [4.78, 5) is 10.6. The average molecular weight is 326 g/mol. The highest BCUT2D eigenvalue weighted by atomic mass is 35.5. The molecule has 0 saturated carbocycles. The second kappa shape index (κ2) is 6.33. The molecule has 21 heavy (non-hydrogen) atoms. The van der Waals surface area contributed by atoms with Crippen LogP contribution in [-0.4, -0.2) is 4.92 Å². The lowest BCUT2D eigenvalue weighted by atomic mass is 10.1. The number of benzene rings is 2. The first-order valence-corrected chi connectivity index (χ1v) is 7.12. The molecule has 0 aromatic heterocycles. The van der Waals surface area contributed by atoms with Crippen LogP contribution in [0.2, 0.25) is 5.02 Å². The van der Waals surface area contributed by atoms with E-state index >= 15 is 0 Å². The lowest BCUT2D eigenvalue weighted by Crippen LogP contribution is -1.97. The number of nitrogens with zero attached hydrogens (tertiary/aromatic N) is 1. The van der Waals surface area contributed by atoms with Crippen molar-refractivity contribution in [3.63, 3.8) is 0 Å². The van der Waals surface area contributed by atoms with Gasteiger partial charge < -0.3 is 4.74 Å². The first-order chi connectivity index (χ1) is 9.93. The fourth-order valence-corrected chi connectivity index (χ4v) is 2.45. The van der Waals surface area contributed by atoms with E-state index < -0.39 is 4.92 Å². The first kappa shape index (κ1) is 15.6. The number of para-hydroxylation sites is 1. The lowest BCUT2D eigenvalue weighted by molar-refractivity contribution is -0.385. The molecule has 0 unspecified atom stereocenters. The predicted octanol–water partition coefficient (Wildman–Crippen LogP) is 5.40. The molecule has 0 saturated heterocycles. The number of nitro groups is 1. The van der Waals surface area contributed by atoms with E-state index in [-0.39, 0.29) is 11.6 Å². The van der Waals surface area contributed by atoms with Gasteiger partial charge >= 0.3 is 0 Å². The van der Waals surface area contributed by atoms with Gasteiger partial charge in [-0.15, -0.1) is 11.6 Å². The Morgan fingerprint density at radius 3 is 2.57 bits per heavy atom. The van der Waals surface area contributed by atoms with Crippen LogP contribution in [0.3, 0.4) is 0 Å². The van der Waals surface area contributed by atoms with Gasteiger partial charge in [0.1, 0.15) is 11.5 Å². The Balaban J connectivity index is 2.50. The van der Waals surface area contributed by atoms with E-state index in [9.17, 15) is 10.1 Å². The Labute approximate surface area is 132 Å². The van der Waals surface area contributed by atoms with Crippen molar-refractivity contribution >= 4 is 28.9 Å². The van der Waals surface area contributed by atoms with Crippen LogP contribution in [-0.2, 0) is 5.88 Å². The summed E-state index contributed by atoms with van der Waals surface area (Å²) in [5.74, 6) is 1.06. The number of hydrogen-bond donors (Lipinski definition) is 0. The SMILES string of the molecule is Cc1cc(C)c([N+](=O)[O-])cc1Oc1c(Cl)cccc1CCl. The van der Waals surface area contributed by atoms with Gasteiger partial charge in [-0.05, 0) is 31.5 Å². The molecule has 2 aromatic carbocycles.